The number of rotatable bonds is 7. The summed E-state index contributed by atoms with van der Waals surface area (Å²) in [6, 6.07) is 21.1. The number of pyridine rings is 1. The number of carbonyl (C=O) groups is 1. The first-order valence-corrected chi connectivity index (χ1v) is 10.1. The summed E-state index contributed by atoms with van der Waals surface area (Å²) in [6.45, 7) is 4.05. The van der Waals surface area contributed by atoms with Crippen molar-refractivity contribution in [3.63, 3.8) is 0 Å². The fourth-order valence-electron chi connectivity index (χ4n) is 3.26. The number of benzene rings is 2. The van der Waals surface area contributed by atoms with Gasteiger partial charge >= 0.3 is 0 Å². The first-order valence-electron chi connectivity index (χ1n) is 10.1. The van der Waals surface area contributed by atoms with E-state index in [1.165, 1.54) is 0 Å². The molecule has 1 saturated heterocycles. The van der Waals surface area contributed by atoms with Crippen molar-refractivity contribution >= 4 is 11.7 Å². The minimum absolute atomic E-state index is 0.116. The van der Waals surface area contributed by atoms with E-state index in [1.54, 1.807) is 18.3 Å². The fourth-order valence-corrected chi connectivity index (χ4v) is 3.26. The Morgan fingerprint density at radius 1 is 1.00 bits per heavy atom. The molecule has 1 amide bonds. The van der Waals surface area contributed by atoms with E-state index < -0.39 is 0 Å². The highest BCUT2D eigenvalue weighted by Gasteiger charge is 2.13. The summed E-state index contributed by atoms with van der Waals surface area (Å²) in [5, 5.41) is 2.97. The standard InChI is InChI=1S/C24H25N3O3/c28-24(21-6-8-22(9-7-21)30-18-19-4-2-1-3-5-19)26-17-20-10-11-25-23(16-20)27-12-14-29-15-13-27/h1-11,16H,12-15,17-18H2,(H,26,28). The fraction of sp³-hybridized carbons (Fsp3) is 0.250. The topological polar surface area (TPSA) is 63.7 Å². The molecule has 1 aliphatic heterocycles. The lowest BCUT2D eigenvalue weighted by molar-refractivity contribution is 0.0951. The molecule has 0 unspecified atom stereocenters. The van der Waals surface area contributed by atoms with Crippen LogP contribution in [0.15, 0.2) is 72.9 Å². The Kier molecular flexibility index (Phi) is 6.57. The van der Waals surface area contributed by atoms with Crippen LogP contribution in [0.25, 0.3) is 0 Å². The molecule has 0 bridgehead atoms. The third kappa shape index (κ3) is 5.36. The molecule has 3 aromatic rings. The van der Waals surface area contributed by atoms with Crippen molar-refractivity contribution in [2.24, 2.45) is 0 Å². The van der Waals surface area contributed by atoms with Crippen LogP contribution < -0.4 is 15.0 Å². The summed E-state index contributed by atoms with van der Waals surface area (Å²) in [4.78, 5) is 19.1. The highest BCUT2D eigenvalue weighted by atomic mass is 16.5. The maximum Gasteiger partial charge on any atom is 0.251 e. The molecule has 154 valence electrons. The smallest absolute Gasteiger partial charge is 0.251 e. The van der Waals surface area contributed by atoms with Gasteiger partial charge in [-0.1, -0.05) is 30.3 Å². The van der Waals surface area contributed by atoms with Crippen molar-refractivity contribution in [2.45, 2.75) is 13.2 Å². The van der Waals surface area contributed by atoms with Gasteiger partial charge in [-0.3, -0.25) is 4.79 Å². The Balaban J connectivity index is 1.29. The second-order valence-corrected chi connectivity index (χ2v) is 7.10. The highest BCUT2D eigenvalue weighted by Crippen LogP contribution is 2.16. The average molecular weight is 403 g/mol. The molecule has 2 aromatic carbocycles. The maximum absolute atomic E-state index is 12.5. The van der Waals surface area contributed by atoms with Crippen molar-refractivity contribution in [3.05, 3.63) is 89.6 Å². The van der Waals surface area contributed by atoms with Crippen LogP contribution in [0.1, 0.15) is 21.5 Å². The maximum atomic E-state index is 12.5. The van der Waals surface area contributed by atoms with Gasteiger partial charge in [0.1, 0.15) is 18.2 Å². The Bertz CT molecular complexity index is 955. The van der Waals surface area contributed by atoms with E-state index in [9.17, 15) is 4.79 Å². The lowest BCUT2D eigenvalue weighted by Crippen LogP contribution is -2.36. The Hall–Kier alpha value is -3.38. The number of aromatic nitrogens is 1. The number of hydrogen-bond donors (Lipinski definition) is 1. The summed E-state index contributed by atoms with van der Waals surface area (Å²) in [6.07, 6.45) is 1.78. The number of ether oxygens (including phenoxy) is 2. The van der Waals surface area contributed by atoms with Gasteiger partial charge in [0.05, 0.1) is 13.2 Å². The van der Waals surface area contributed by atoms with Gasteiger partial charge < -0.3 is 19.7 Å². The molecular formula is C24H25N3O3. The number of nitrogens with zero attached hydrogens (tertiary/aromatic N) is 2. The normalized spacial score (nSPS) is 13.7. The van der Waals surface area contributed by atoms with E-state index in [-0.39, 0.29) is 5.91 Å². The molecule has 1 aliphatic rings. The van der Waals surface area contributed by atoms with Crippen molar-refractivity contribution in [2.75, 3.05) is 31.2 Å². The van der Waals surface area contributed by atoms with E-state index in [1.807, 2.05) is 54.6 Å². The van der Waals surface area contributed by atoms with E-state index in [4.69, 9.17) is 9.47 Å². The third-order valence-electron chi connectivity index (χ3n) is 4.96. The number of morpholine rings is 1. The molecule has 30 heavy (non-hydrogen) atoms. The van der Waals surface area contributed by atoms with Crippen molar-refractivity contribution in [3.8, 4) is 5.75 Å². The van der Waals surface area contributed by atoms with E-state index in [0.29, 0.717) is 31.9 Å². The van der Waals surface area contributed by atoms with Gasteiger partial charge in [0.2, 0.25) is 0 Å². The second kappa shape index (κ2) is 9.89. The predicted octanol–water partition coefficient (Wildman–Crippen LogP) is 3.43. The van der Waals surface area contributed by atoms with Crippen LogP contribution in [0, 0.1) is 0 Å². The molecule has 6 nitrogen and oxygen atoms in total. The molecule has 0 aliphatic carbocycles. The van der Waals surface area contributed by atoms with Gasteiger partial charge in [0, 0.05) is 31.4 Å². The van der Waals surface area contributed by atoms with Gasteiger partial charge in [-0.2, -0.15) is 0 Å². The predicted molar refractivity (Wildman–Crippen MR) is 116 cm³/mol. The molecule has 0 atom stereocenters. The zero-order chi connectivity index (χ0) is 20.6. The molecule has 6 heteroatoms. The lowest BCUT2D eigenvalue weighted by atomic mass is 10.2. The van der Waals surface area contributed by atoms with Crippen molar-refractivity contribution < 1.29 is 14.3 Å². The summed E-state index contributed by atoms with van der Waals surface area (Å²) in [5.74, 6) is 1.54. The van der Waals surface area contributed by atoms with Gasteiger partial charge in [0.25, 0.3) is 5.91 Å². The molecule has 0 radical (unpaired) electrons. The largest absolute Gasteiger partial charge is 0.489 e. The molecule has 0 saturated carbocycles. The van der Waals surface area contributed by atoms with Gasteiger partial charge in [-0.05, 0) is 47.5 Å². The first-order chi connectivity index (χ1) is 14.8. The number of carbonyl (C=O) groups excluding carboxylic acids is 1. The van der Waals surface area contributed by atoms with Gasteiger partial charge in [0.15, 0.2) is 0 Å². The second-order valence-electron chi connectivity index (χ2n) is 7.10. The van der Waals surface area contributed by atoms with Crippen molar-refractivity contribution in [1.29, 1.82) is 0 Å². The molecule has 1 N–H and O–H groups in total. The van der Waals surface area contributed by atoms with Crippen LogP contribution in [0.4, 0.5) is 5.82 Å². The van der Waals surface area contributed by atoms with E-state index in [0.717, 1.165) is 35.8 Å². The van der Waals surface area contributed by atoms with Crippen LogP contribution in [-0.2, 0) is 17.9 Å². The molecule has 4 rings (SSSR count). The minimum Gasteiger partial charge on any atom is -0.489 e. The molecule has 1 fully saturated rings. The number of nitrogens with one attached hydrogen (secondary N) is 1. The highest BCUT2D eigenvalue weighted by molar-refractivity contribution is 5.94. The Labute approximate surface area is 176 Å². The Morgan fingerprint density at radius 2 is 1.77 bits per heavy atom. The Morgan fingerprint density at radius 3 is 2.53 bits per heavy atom. The zero-order valence-electron chi connectivity index (χ0n) is 16.8. The molecule has 1 aromatic heterocycles. The SMILES string of the molecule is O=C(NCc1ccnc(N2CCOCC2)c1)c1ccc(OCc2ccccc2)cc1. The molecular weight excluding hydrogens is 378 g/mol. The summed E-state index contributed by atoms with van der Waals surface area (Å²) in [7, 11) is 0. The van der Waals surface area contributed by atoms with Crippen LogP contribution in [0.2, 0.25) is 0 Å². The summed E-state index contributed by atoms with van der Waals surface area (Å²) >= 11 is 0. The average Bonchev–Trinajstić information content (AvgIpc) is 2.83. The summed E-state index contributed by atoms with van der Waals surface area (Å²) in [5.41, 5.74) is 2.72. The monoisotopic (exact) mass is 403 g/mol. The minimum atomic E-state index is -0.116. The quantitative estimate of drug-likeness (QED) is 0.655. The number of amides is 1. The van der Waals surface area contributed by atoms with Crippen molar-refractivity contribution in [1.82, 2.24) is 10.3 Å². The van der Waals surface area contributed by atoms with Crippen LogP contribution in [0.3, 0.4) is 0 Å². The van der Waals surface area contributed by atoms with Crippen LogP contribution in [0.5, 0.6) is 5.75 Å². The van der Waals surface area contributed by atoms with Gasteiger partial charge in [-0.15, -0.1) is 0 Å². The van der Waals surface area contributed by atoms with Crippen LogP contribution in [-0.4, -0.2) is 37.2 Å². The molecule has 2 heterocycles. The van der Waals surface area contributed by atoms with E-state index in [2.05, 4.69) is 15.2 Å². The van der Waals surface area contributed by atoms with Gasteiger partial charge in [-0.25, -0.2) is 4.98 Å². The summed E-state index contributed by atoms with van der Waals surface area (Å²) < 4.78 is 11.2. The lowest BCUT2D eigenvalue weighted by Gasteiger charge is -2.28. The number of hydrogen-bond acceptors (Lipinski definition) is 5. The number of anilines is 1. The van der Waals surface area contributed by atoms with E-state index >= 15 is 0 Å². The zero-order valence-corrected chi connectivity index (χ0v) is 16.8. The molecule has 0 spiro atoms. The van der Waals surface area contributed by atoms with Crippen LogP contribution >= 0.6 is 0 Å². The third-order valence-corrected chi connectivity index (χ3v) is 4.96. The first kappa shape index (κ1) is 19.9.